The highest BCUT2D eigenvalue weighted by atomic mass is 35.5. The molecule has 2 nitrogen and oxygen atoms in total. The number of halogens is 1. The van der Waals surface area contributed by atoms with Gasteiger partial charge in [0.25, 0.3) is 0 Å². The van der Waals surface area contributed by atoms with Crippen LogP contribution in [0.2, 0.25) is 5.02 Å². The van der Waals surface area contributed by atoms with Gasteiger partial charge in [0.1, 0.15) is 5.69 Å². The van der Waals surface area contributed by atoms with Crippen LogP contribution in [0.5, 0.6) is 0 Å². The number of pyridine rings is 1. The third-order valence-corrected chi connectivity index (χ3v) is 2.57. The summed E-state index contributed by atoms with van der Waals surface area (Å²) in [5.41, 5.74) is 1.73. The van der Waals surface area contributed by atoms with Crippen LogP contribution in [0.25, 0.3) is 0 Å². The molecule has 0 radical (unpaired) electrons. The molecule has 0 N–H and O–H groups in total. The van der Waals surface area contributed by atoms with E-state index in [4.69, 9.17) is 11.6 Å². The molecular weight excluding hydrogens is 222 g/mol. The normalized spacial score (nSPS) is 10.1. The SMILES string of the molecule is Cc1cccc(C(=O)c2ccccc2Cl)n1. The molecule has 1 heterocycles. The van der Waals surface area contributed by atoms with Crippen molar-refractivity contribution < 1.29 is 4.79 Å². The Bertz CT molecular complexity index is 537. The largest absolute Gasteiger partial charge is 0.287 e. The molecule has 0 aliphatic carbocycles. The summed E-state index contributed by atoms with van der Waals surface area (Å²) in [7, 11) is 0. The standard InChI is InChI=1S/C13H10ClNO/c1-9-5-4-8-12(15-9)13(16)10-6-2-3-7-11(10)14/h2-8H,1H3. The van der Waals surface area contributed by atoms with E-state index in [0.717, 1.165) is 5.69 Å². The molecule has 2 rings (SSSR count). The number of aromatic nitrogens is 1. The van der Waals surface area contributed by atoms with Crippen molar-refractivity contribution in [3.8, 4) is 0 Å². The van der Waals surface area contributed by atoms with Gasteiger partial charge in [0.2, 0.25) is 5.78 Å². The van der Waals surface area contributed by atoms with Crippen LogP contribution in [0.15, 0.2) is 42.5 Å². The number of carbonyl (C=O) groups is 1. The molecule has 0 aliphatic rings. The highest BCUT2D eigenvalue weighted by Gasteiger charge is 2.13. The van der Waals surface area contributed by atoms with Crippen LogP contribution >= 0.6 is 11.6 Å². The number of rotatable bonds is 2. The summed E-state index contributed by atoms with van der Waals surface area (Å²) >= 11 is 5.96. The van der Waals surface area contributed by atoms with Crippen molar-refractivity contribution in [1.29, 1.82) is 0 Å². The molecule has 0 amide bonds. The maximum atomic E-state index is 12.1. The van der Waals surface area contributed by atoms with E-state index in [9.17, 15) is 4.79 Å². The van der Waals surface area contributed by atoms with E-state index in [2.05, 4.69) is 4.98 Å². The molecule has 0 saturated heterocycles. The minimum atomic E-state index is -0.144. The van der Waals surface area contributed by atoms with Crippen LogP contribution in [0.3, 0.4) is 0 Å². The first kappa shape index (κ1) is 10.8. The van der Waals surface area contributed by atoms with Gasteiger partial charge < -0.3 is 0 Å². The van der Waals surface area contributed by atoms with Crippen LogP contribution in [-0.4, -0.2) is 10.8 Å². The Morgan fingerprint density at radius 3 is 2.56 bits per heavy atom. The van der Waals surface area contributed by atoms with Crippen molar-refractivity contribution in [3.63, 3.8) is 0 Å². The average molecular weight is 232 g/mol. The quantitative estimate of drug-likeness (QED) is 0.743. The number of hydrogen-bond donors (Lipinski definition) is 0. The summed E-state index contributed by atoms with van der Waals surface area (Å²) in [5, 5.41) is 0.454. The van der Waals surface area contributed by atoms with Crippen molar-refractivity contribution in [2.45, 2.75) is 6.92 Å². The molecule has 0 unspecified atom stereocenters. The van der Waals surface area contributed by atoms with Gasteiger partial charge in [0, 0.05) is 11.3 Å². The lowest BCUT2D eigenvalue weighted by Gasteiger charge is -2.03. The number of aryl methyl sites for hydroxylation is 1. The van der Waals surface area contributed by atoms with Gasteiger partial charge in [-0.25, -0.2) is 4.98 Å². The molecule has 0 spiro atoms. The fourth-order valence-electron chi connectivity index (χ4n) is 1.45. The van der Waals surface area contributed by atoms with E-state index in [0.29, 0.717) is 16.3 Å². The smallest absolute Gasteiger partial charge is 0.212 e. The van der Waals surface area contributed by atoms with E-state index in [1.807, 2.05) is 19.1 Å². The topological polar surface area (TPSA) is 30.0 Å². The lowest BCUT2D eigenvalue weighted by molar-refractivity contribution is 0.103. The van der Waals surface area contributed by atoms with E-state index < -0.39 is 0 Å². The Kier molecular flexibility index (Phi) is 3.02. The molecule has 0 bridgehead atoms. The first-order valence-corrected chi connectivity index (χ1v) is 5.29. The van der Waals surface area contributed by atoms with Crippen molar-refractivity contribution in [3.05, 3.63) is 64.4 Å². The molecule has 16 heavy (non-hydrogen) atoms. The van der Waals surface area contributed by atoms with Gasteiger partial charge in [-0.15, -0.1) is 0 Å². The highest BCUT2D eigenvalue weighted by molar-refractivity contribution is 6.34. The molecule has 0 atom stereocenters. The van der Waals surface area contributed by atoms with E-state index in [-0.39, 0.29) is 5.78 Å². The monoisotopic (exact) mass is 231 g/mol. The van der Waals surface area contributed by atoms with Crippen LogP contribution in [0, 0.1) is 6.92 Å². The number of ketones is 1. The number of benzene rings is 1. The van der Waals surface area contributed by atoms with Gasteiger partial charge in [-0.3, -0.25) is 4.79 Å². The number of nitrogens with zero attached hydrogens (tertiary/aromatic N) is 1. The second-order valence-electron chi connectivity index (χ2n) is 3.47. The Labute approximate surface area is 98.9 Å². The van der Waals surface area contributed by atoms with E-state index in [1.54, 1.807) is 30.3 Å². The summed E-state index contributed by atoms with van der Waals surface area (Å²) in [4.78, 5) is 16.3. The third kappa shape index (κ3) is 2.12. The molecule has 0 saturated carbocycles. The Morgan fingerprint density at radius 1 is 1.12 bits per heavy atom. The maximum Gasteiger partial charge on any atom is 0.212 e. The average Bonchev–Trinajstić information content (AvgIpc) is 2.29. The molecule has 80 valence electrons. The second-order valence-corrected chi connectivity index (χ2v) is 3.88. The molecule has 0 fully saturated rings. The summed E-state index contributed by atoms with van der Waals surface area (Å²) in [6, 6.07) is 12.3. The van der Waals surface area contributed by atoms with Crippen molar-refractivity contribution in [2.24, 2.45) is 0 Å². The zero-order valence-electron chi connectivity index (χ0n) is 8.77. The van der Waals surface area contributed by atoms with E-state index in [1.165, 1.54) is 0 Å². The zero-order valence-corrected chi connectivity index (χ0v) is 9.53. The fraction of sp³-hybridized carbons (Fsp3) is 0.0769. The molecule has 1 aromatic carbocycles. The van der Waals surface area contributed by atoms with Gasteiger partial charge in [-0.05, 0) is 31.2 Å². The predicted molar refractivity (Wildman–Crippen MR) is 63.9 cm³/mol. The minimum Gasteiger partial charge on any atom is -0.287 e. The molecular formula is C13H10ClNO. The van der Waals surface area contributed by atoms with Crippen molar-refractivity contribution >= 4 is 17.4 Å². The Hall–Kier alpha value is -1.67. The second kappa shape index (κ2) is 4.45. The van der Waals surface area contributed by atoms with Crippen LogP contribution < -0.4 is 0 Å². The Morgan fingerprint density at radius 2 is 1.88 bits per heavy atom. The van der Waals surface area contributed by atoms with Crippen molar-refractivity contribution in [2.75, 3.05) is 0 Å². The van der Waals surface area contributed by atoms with Crippen LogP contribution in [0.4, 0.5) is 0 Å². The predicted octanol–water partition coefficient (Wildman–Crippen LogP) is 3.27. The third-order valence-electron chi connectivity index (χ3n) is 2.24. The number of carbonyl (C=O) groups excluding carboxylic acids is 1. The first-order chi connectivity index (χ1) is 7.68. The summed E-state index contributed by atoms with van der Waals surface area (Å²) in [6.45, 7) is 1.85. The van der Waals surface area contributed by atoms with Gasteiger partial charge in [-0.1, -0.05) is 29.8 Å². The lowest BCUT2D eigenvalue weighted by atomic mass is 10.1. The first-order valence-electron chi connectivity index (χ1n) is 4.91. The highest BCUT2D eigenvalue weighted by Crippen LogP contribution is 2.18. The summed E-state index contributed by atoms with van der Waals surface area (Å²) < 4.78 is 0. The van der Waals surface area contributed by atoms with Gasteiger partial charge in [0.15, 0.2) is 0 Å². The molecule has 2 aromatic rings. The maximum absolute atomic E-state index is 12.1. The van der Waals surface area contributed by atoms with Gasteiger partial charge in [-0.2, -0.15) is 0 Å². The number of hydrogen-bond acceptors (Lipinski definition) is 2. The van der Waals surface area contributed by atoms with Crippen LogP contribution in [0.1, 0.15) is 21.7 Å². The van der Waals surface area contributed by atoms with Crippen LogP contribution in [-0.2, 0) is 0 Å². The van der Waals surface area contributed by atoms with Gasteiger partial charge in [0.05, 0.1) is 5.02 Å². The summed E-state index contributed by atoms with van der Waals surface area (Å²) in [5.74, 6) is -0.144. The van der Waals surface area contributed by atoms with Gasteiger partial charge >= 0.3 is 0 Å². The zero-order chi connectivity index (χ0) is 11.5. The Balaban J connectivity index is 2.44. The summed E-state index contributed by atoms with van der Waals surface area (Å²) in [6.07, 6.45) is 0. The minimum absolute atomic E-state index is 0.144. The molecule has 1 aromatic heterocycles. The molecule has 0 aliphatic heterocycles. The van der Waals surface area contributed by atoms with Crippen molar-refractivity contribution in [1.82, 2.24) is 4.98 Å². The fourth-order valence-corrected chi connectivity index (χ4v) is 1.67. The molecule has 3 heteroatoms. The van der Waals surface area contributed by atoms with E-state index >= 15 is 0 Å². The lowest BCUT2D eigenvalue weighted by Crippen LogP contribution is -2.05.